The zero-order chi connectivity index (χ0) is 13.3. The van der Waals surface area contributed by atoms with Crippen LogP contribution in [-0.2, 0) is 11.3 Å². The summed E-state index contributed by atoms with van der Waals surface area (Å²) in [7, 11) is 0. The lowest BCUT2D eigenvalue weighted by atomic mass is 9.87. The monoisotopic (exact) mass is 260 g/mol. The van der Waals surface area contributed by atoms with Gasteiger partial charge in [-0.3, -0.25) is 0 Å². The van der Waals surface area contributed by atoms with Crippen LogP contribution >= 0.6 is 0 Å². The molecule has 1 saturated carbocycles. The van der Waals surface area contributed by atoms with Gasteiger partial charge in [0.2, 0.25) is 0 Å². The Morgan fingerprint density at radius 1 is 1.21 bits per heavy atom. The number of nitrogens with one attached hydrogen (secondary N) is 1. The van der Waals surface area contributed by atoms with Crippen molar-refractivity contribution in [1.82, 2.24) is 5.32 Å². The van der Waals surface area contributed by atoms with Crippen LogP contribution in [0.5, 0.6) is 0 Å². The third-order valence-corrected chi connectivity index (χ3v) is 3.61. The molecule has 1 radical (unpaired) electrons. The van der Waals surface area contributed by atoms with Gasteiger partial charge in [-0.05, 0) is 17.9 Å². The summed E-state index contributed by atoms with van der Waals surface area (Å²) in [4.78, 5) is 11.5. The standard InChI is InChI=1S/C16H22NO2/c18-16(19-13-15-9-5-2-6-10-15)17-12-11-14-7-3-1-4-8-14/h2,5-6,9-10,12,14H,1,3-4,7-8,11,13H2,(H,17,18). The molecular formula is C16H22NO2. The Hall–Kier alpha value is -1.51. The summed E-state index contributed by atoms with van der Waals surface area (Å²) in [5, 5.41) is 2.71. The molecule has 2 rings (SSSR count). The summed E-state index contributed by atoms with van der Waals surface area (Å²) < 4.78 is 5.14. The molecule has 1 aliphatic rings. The fourth-order valence-corrected chi connectivity index (χ4v) is 2.50. The molecule has 3 nitrogen and oxygen atoms in total. The van der Waals surface area contributed by atoms with Gasteiger partial charge in [0, 0.05) is 0 Å². The lowest BCUT2D eigenvalue weighted by Crippen LogP contribution is -2.23. The van der Waals surface area contributed by atoms with E-state index in [-0.39, 0.29) is 6.09 Å². The fourth-order valence-electron chi connectivity index (χ4n) is 2.50. The van der Waals surface area contributed by atoms with Crippen LogP contribution in [0.15, 0.2) is 30.3 Å². The van der Waals surface area contributed by atoms with Crippen LogP contribution in [0.25, 0.3) is 0 Å². The highest BCUT2D eigenvalue weighted by Gasteiger charge is 2.13. The largest absolute Gasteiger partial charge is 0.445 e. The van der Waals surface area contributed by atoms with E-state index in [9.17, 15) is 4.79 Å². The van der Waals surface area contributed by atoms with Crippen LogP contribution in [-0.4, -0.2) is 6.09 Å². The molecule has 0 unspecified atom stereocenters. The highest BCUT2D eigenvalue weighted by atomic mass is 16.5. The van der Waals surface area contributed by atoms with E-state index < -0.39 is 0 Å². The summed E-state index contributed by atoms with van der Waals surface area (Å²) in [5.74, 6) is 0.739. The maximum atomic E-state index is 11.5. The Morgan fingerprint density at radius 2 is 1.95 bits per heavy atom. The van der Waals surface area contributed by atoms with Gasteiger partial charge in [-0.2, -0.15) is 0 Å². The van der Waals surface area contributed by atoms with Crippen LogP contribution in [0.3, 0.4) is 0 Å². The Bertz CT molecular complexity index is 372. The molecule has 1 N–H and O–H groups in total. The molecule has 0 aliphatic heterocycles. The first-order valence-corrected chi connectivity index (χ1v) is 7.13. The number of benzene rings is 1. The van der Waals surface area contributed by atoms with Crippen LogP contribution in [0, 0.1) is 12.5 Å². The average molecular weight is 260 g/mol. The summed E-state index contributed by atoms with van der Waals surface area (Å²) in [6, 6.07) is 9.71. The van der Waals surface area contributed by atoms with Crippen molar-refractivity contribution in [3.05, 3.63) is 42.4 Å². The van der Waals surface area contributed by atoms with Crippen molar-refractivity contribution in [1.29, 1.82) is 0 Å². The minimum Gasteiger partial charge on any atom is -0.445 e. The number of carbonyl (C=O) groups is 1. The van der Waals surface area contributed by atoms with E-state index in [1.807, 2.05) is 36.9 Å². The third kappa shape index (κ3) is 5.33. The Kier molecular flexibility index (Phi) is 5.73. The third-order valence-electron chi connectivity index (χ3n) is 3.61. The first-order chi connectivity index (χ1) is 9.34. The van der Waals surface area contributed by atoms with E-state index in [0.717, 1.165) is 17.9 Å². The Balaban J connectivity index is 1.57. The molecule has 0 bridgehead atoms. The molecule has 1 aliphatic carbocycles. The lowest BCUT2D eigenvalue weighted by molar-refractivity contribution is 0.141. The number of hydrogen-bond donors (Lipinski definition) is 1. The van der Waals surface area contributed by atoms with Crippen molar-refractivity contribution in [2.75, 3.05) is 0 Å². The second-order valence-electron chi connectivity index (χ2n) is 5.15. The van der Waals surface area contributed by atoms with Gasteiger partial charge in [0.15, 0.2) is 0 Å². The normalized spacial score (nSPS) is 16.0. The molecule has 1 amide bonds. The minimum absolute atomic E-state index is 0.323. The van der Waals surface area contributed by atoms with Crippen molar-refractivity contribution in [2.24, 2.45) is 5.92 Å². The highest BCUT2D eigenvalue weighted by Crippen LogP contribution is 2.26. The van der Waals surface area contributed by atoms with Gasteiger partial charge in [-0.15, -0.1) is 0 Å². The van der Waals surface area contributed by atoms with Crippen LogP contribution in [0.4, 0.5) is 4.79 Å². The maximum absolute atomic E-state index is 11.5. The minimum atomic E-state index is -0.361. The maximum Gasteiger partial charge on any atom is 0.407 e. The van der Waals surface area contributed by atoms with Gasteiger partial charge in [0.1, 0.15) is 6.61 Å². The number of carbonyl (C=O) groups excluding carboxylic acids is 1. The van der Waals surface area contributed by atoms with E-state index in [0.29, 0.717) is 6.61 Å². The van der Waals surface area contributed by atoms with E-state index in [2.05, 4.69) is 5.32 Å². The molecule has 19 heavy (non-hydrogen) atoms. The van der Waals surface area contributed by atoms with E-state index in [4.69, 9.17) is 4.74 Å². The quantitative estimate of drug-likeness (QED) is 0.867. The molecule has 1 aromatic carbocycles. The van der Waals surface area contributed by atoms with Crippen LogP contribution in [0.1, 0.15) is 44.1 Å². The Labute approximate surface area is 115 Å². The molecule has 0 spiro atoms. The molecule has 3 heteroatoms. The van der Waals surface area contributed by atoms with Crippen LogP contribution < -0.4 is 5.32 Å². The highest BCUT2D eigenvalue weighted by molar-refractivity contribution is 5.67. The molecule has 1 aromatic rings. The predicted molar refractivity (Wildman–Crippen MR) is 75.3 cm³/mol. The van der Waals surface area contributed by atoms with Crippen molar-refractivity contribution < 1.29 is 9.53 Å². The van der Waals surface area contributed by atoms with Crippen molar-refractivity contribution >= 4 is 6.09 Å². The van der Waals surface area contributed by atoms with Gasteiger partial charge < -0.3 is 10.1 Å². The summed E-state index contributed by atoms with van der Waals surface area (Å²) in [6.07, 6.45) is 7.20. The van der Waals surface area contributed by atoms with E-state index >= 15 is 0 Å². The molecule has 0 atom stereocenters. The topological polar surface area (TPSA) is 38.3 Å². The van der Waals surface area contributed by atoms with Gasteiger partial charge >= 0.3 is 6.09 Å². The smallest absolute Gasteiger partial charge is 0.407 e. The predicted octanol–water partition coefficient (Wildman–Crippen LogP) is 4.04. The first kappa shape index (κ1) is 13.9. The van der Waals surface area contributed by atoms with Gasteiger partial charge in [-0.1, -0.05) is 62.4 Å². The fraction of sp³-hybridized carbons (Fsp3) is 0.500. The van der Waals surface area contributed by atoms with Crippen LogP contribution in [0.2, 0.25) is 0 Å². The van der Waals surface area contributed by atoms with Crippen molar-refractivity contribution in [3.63, 3.8) is 0 Å². The molecule has 103 valence electrons. The molecule has 0 aromatic heterocycles. The second kappa shape index (κ2) is 7.82. The van der Waals surface area contributed by atoms with Gasteiger partial charge in [-0.25, -0.2) is 4.79 Å². The number of ether oxygens (including phenoxy) is 1. The number of rotatable bonds is 5. The van der Waals surface area contributed by atoms with Crippen molar-refractivity contribution in [3.8, 4) is 0 Å². The molecular weight excluding hydrogens is 238 g/mol. The van der Waals surface area contributed by atoms with E-state index in [1.54, 1.807) is 0 Å². The van der Waals surface area contributed by atoms with Gasteiger partial charge in [0.25, 0.3) is 0 Å². The molecule has 0 heterocycles. The zero-order valence-electron chi connectivity index (χ0n) is 11.3. The number of hydrogen-bond acceptors (Lipinski definition) is 2. The average Bonchev–Trinajstić information content (AvgIpc) is 2.47. The SMILES string of the molecule is O=C(N[CH]CC1CCCCC1)OCc1ccccc1. The van der Waals surface area contributed by atoms with E-state index in [1.165, 1.54) is 32.1 Å². The first-order valence-electron chi connectivity index (χ1n) is 7.13. The zero-order valence-corrected chi connectivity index (χ0v) is 11.3. The summed E-state index contributed by atoms with van der Waals surface area (Å²) in [6.45, 7) is 2.17. The molecule has 1 fully saturated rings. The lowest BCUT2D eigenvalue weighted by Gasteiger charge is -2.21. The van der Waals surface area contributed by atoms with Gasteiger partial charge in [0.05, 0.1) is 6.54 Å². The Morgan fingerprint density at radius 3 is 2.68 bits per heavy atom. The second-order valence-corrected chi connectivity index (χ2v) is 5.15. The number of amides is 1. The number of alkyl carbamates (subject to hydrolysis) is 1. The summed E-state index contributed by atoms with van der Waals surface area (Å²) >= 11 is 0. The summed E-state index contributed by atoms with van der Waals surface area (Å²) in [5.41, 5.74) is 1.00. The molecule has 0 saturated heterocycles. The van der Waals surface area contributed by atoms with Crippen molar-refractivity contribution in [2.45, 2.75) is 45.1 Å².